The Morgan fingerprint density at radius 3 is 2.50 bits per heavy atom. The number of para-hydroxylation sites is 1. The van der Waals surface area contributed by atoms with Gasteiger partial charge in [0.25, 0.3) is 0 Å². The quantitative estimate of drug-likeness (QED) is 0.866. The summed E-state index contributed by atoms with van der Waals surface area (Å²) >= 11 is 0. The SMILES string of the molecule is Cc1cccc(C)c1NC(=O)[C@@H]1CCCCN1.Cl. The fourth-order valence-electron chi connectivity index (χ4n) is 2.30. The van der Waals surface area contributed by atoms with Crippen molar-refractivity contribution in [2.24, 2.45) is 0 Å². The highest BCUT2D eigenvalue weighted by atomic mass is 35.5. The van der Waals surface area contributed by atoms with Crippen LogP contribution in [0, 0.1) is 13.8 Å². The van der Waals surface area contributed by atoms with Crippen LogP contribution in [-0.4, -0.2) is 18.5 Å². The van der Waals surface area contributed by atoms with Crippen molar-refractivity contribution < 1.29 is 4.79 Å². The van der Waals surface area contributed by atoms with E-state index in [0.717, 1.165) is 36.2 Å². The van der Waals surface area contributed by atoms with E-state index in [1.165, 1.54) is 6.42 Å². The average Bonchev–Trinajstić information content (AvgIpc) is 2.35. The fraction of sp³-hybridized carbons (Fsp3) is 0.500. The molecular formula is C14H21ClN2O. The van der Waals surface area contributed by atoms with Gasteiger partial charge in [-0.15, -0.1) is 12.4 Å². The highest BCUT2D eigenvalue weighted by Gasteiger charge is 2.21. The Labute approximate surface area is 115 Å². The normalized spacial score (nSPS) is 18.9. The molecule has 1 aliphatic heterocycles. The van der Waals surface area contributed by atoms with Crippen LogP contribution in [0.3, 0.4) is 0 Å². The molecule has 0 spiro atoms. The first-order chi connectivity index (χ1) is 8.18. The number of carbonyl (C=O) groups excluding carboxylic acids is 1. The number of carbonyl (C=O) groups is 1. The third-order valence-corrected chi connectivity index (χ3v) is 3.36. The van der Waals surface area contributed by atoms with Crippen molar-refractivity contribution >= 4 is 24.0 Å². The van der Waals surface area contributed by atoms with Crippen molar-refractivity contribution in [3.63, 3.8) is 0 Å². The number of benzene rings is 1. The standard InChI is InChI=1S/C14H20N2O.ClH/c1-10-6-5-7-11(2)13(10)16-14(17)12-8-3-4-9-15-12;/h5-7,12,15H,3-4,8-9H2,1-2H3,(H,16,17);1H/t12-;/m0./s1. The van der Waals surface area contributed by atoms with Crippen LogP contribution < -0.4 is 10.6 Å². The van der Waals surface area contributed by atoms with E-state index in [0.29, 0.717) is 0 Å². The van der Waals surface area contributed by atoms with E-state index < -0.39 is 0 Å². The molecule has 1 saturated heterocycles. The number of piperidine rings is 1. The van der Waals surface area contributed by atoms with Gasteiger partial charge in [0.15, 0.2) is 0 Å². The Hall–Kier alpha value is -1.06. The molecule has 0 aromatic heterocycles. The summed E-state index contributed by atoms with van der Waals surface area (Å²) in [6, 6.07) is 6.04. The number of rotatable bonds is 2. The number of halogens is 1. The van der Waals surface area contributed by atoms with Crippen LogP contribution in [0.15, 0.2) is 18.2 Å². The second-order valence-corrected chi connectivity index (χ2v) is 4.76. The zero-order chi connectivity index (χ0) is 12.3. The molecule has 18 heavy (non-hydrogen) atoms. The van der Waals surface area contributed by atoms with Crippen LogP contribution >= 0.6 is 12.4 Å². The van der Waals surface area contributed by atoms with E-state index in [2.05, 4.69) is 10.6 Å². The predicted molar refractivity (Wildman–Crippen MR) is 77.4 cm³/mol. The van der Waals surface area contributed by atoms with E-state index in [-0.39, 0.29) is 24.4 Å². The highest BCUT2D eigenvalue weighted by Crippen LogP contribution is 2.20. The zero-order valence-electron chi connectivity index (χ0n) is 11.0. The molecule has 100 valence electrons. The third-order valence-electron chi connectivity index (χ3n) is 3.36. The van der Waals surface area contributed by atoms with E-state index in [4.69, 9.17) is 0 Å². The minimum atomic E-state index is -0.0252. The van der Waals surface area contributed by atoms with Crippen molar-refractivity contribution in [2.75, 3.05) is 11.9 Å². The maximum atomic E-state index is 12.1. The lowest BCUT2D eigenvalue weighted by Crippen LogP contribution is -2.43. The maximum absolute atomic E-state index is 12.1. The first-order valence-electron chi connectivity index (χ1n) is 6.29. The molecule has 0 bridgehead atoms. The Balaban J connectivity index is 0.00000162. The van der Waals surface area contributed by atoms with Gasteiger partial charge < -0.3 is 10.6 Å². The summed E-state index contributed by atoms with van der Waals surface area (Å²) in [5.41, 5.74) is 3.20. The molecule has 1 aromatic carbocycles. The molecule has 2 N–H and O–H groups in total. The van der Waals surface area contributed by atoms with Crippen LogP contribution in [0.5, 0.6) is 0 Å². The van der Waals surface area contributed by atoms with E-state index in [9.17, 15) is 4.79 Å². The van der Waals surface area contributed by atoms with Gasteiger partial charge >= 0.3 is 0 Å². The first-order valence-corrected chi connectivity index (χ1v) is 6.29. The second-order valence-electron chi connectivity index (χ2n) is 4.76. The van der Waals surface area contributed by atoms with Gasteiger partial charge in [-0.2, -0.15) is 0 Å². The summed E-state index contributed by atoms with van der Waals surface area (Å²) in [6.45, 7) is 5.00. The fourth-order valence-corrected chi connectivity index (χ4v) is 2.30. The molecule has 4 heteroatoms. The Bertz CT molecular complexity index is 394. The lowest BCUT2D eigenvalue weighted by atomic mass is 10.0. The topological polar surface area (TPSA) is 41.1 Å². The summed E-state index contributed by atoms with van der Waals surface area (Å²) < 4.78 is 0. The van der Waals surface area contributed by atoms with E-state index in [1.54, 1.807) is 0 Å². The van der Waals surface area contributed by atoms with Crippen molar-refractivity contribution in [2.45, 2.75) is 39.2 Å². The summed E-state index contributed by atoms with van der Waals surface area (Å²) in [5.74, 6) is 0.0992. The molecule has 0 aliphatic carbocycles. The van der Waals surface area contributed by atoms with Gasteiger partial charge in [-0.05, 0) is 44.4 Å². The lowest BCUT2D eigenvalue weighted by molar-refractivity contribution is -0.118. The van der Waals surface area contributed by atoms with Crippen LogP contribution in [0.25, 0.3) is 0 Å². The second kappa shape index (κ2) is 6.76. The summed E-state index contributed by atoms with van der Waals surface area (Å²) in [5, 5.41) is 6.31. The molecular weight excluding hydrogens is 248 g/mol. The molecule has 1 aliphatic rings. The number of nitrogens with one attached hydrogen (secondary N) is 2. The van der Waals surface area contributed by atoms with Crippen LogP contribution in [0.4, 0.5) is 5.69 Å². The average molecular weight is 269 g/mol. The molecule has 1 atom stereocenters. The summed E-state index contributed by atoms with van der Waals surface area (Å²) in [6.07, 6.45) is 3.25. The van der Waals surface area contributed by atoms with Crippen molar-refractivity contribution in [3.8, 4) is 0 Å². The van der Waals surface area contributed by atoms with Crippen LogP contribution in [0.2, 0.25) is 0 Å². The zero-order valence-corrected chi connectivity index (χ0v) is 11.8. The van der Waals surface area contributed by atoms with Gasteiger partial charge in [0.1, 0.15) is 0 Å². The molecule has 0 radical (unpaired) electrons. The Morgan fingerprint density at radius 2 is 1.94 bits per heavy atom. The summed E-state index contributed by atoms with van der Waals surface area (Å²) in [4.78, 5) is 12.1. The van der Waals surface area contributed by atoms with E-state index in [1.807, 2.05) is 32.0 Å². The molecule has 1 aromatic rings. The predicted octanol–water partition coefficient (Wildman–Crippen LogP) is 2.81. The van der Waals surface area contributed by atoms with Gasteiger partial charge in [0.2, 0.25) is 5.91 Å². The number of amides is 1. The third kappa shape index (κ3) is 3.47. The molecule has 3 nitrogen and oxygen atoms in total. The van der Waals surface area contributed by atoms with Crippen molar-refractivity contribution in [1.82, 2.24) is 5.32 Å². The smallest absolute Gasteiger partial charge is 0.241 e. The number of hydrogen-bond acceptors (Lipinski definition) is 2. The summed E-state index contributed by atoms with van der Waals surface area (Å²) in [7, 11) is 0. The molecule has 0 unspecified atom stereocenters. The Morgan fingerprint density at radius 1 is 1.28 bits per heavy atom. The monoisotopic (exact) mass is 268 g/mol. The van der Waals surface area contributed by atoms with Gasteiger partial charge in [-0.25, -0.2) is 0 Å². The minimum absolute atomic E-state index is 0. The minimum Gasteiger partial charge on any atom is -0.324 e. The van der Waals surface area contributed by atoms with Crippen LogP contribution in [0.1, 0.15) is 30.4 Å². The molecule has 1 heterocycles. The maximum Gasteiger partial charge on any atom is 0.241 e. The molecule has 0 saturated carbocycles. The molecule has 1 amide bonds. The lowest BCUT2D eigenvalue weighted by Gasteiger charge is -2.23. The molecule has 2 rings (SSSR count). The number of anilines is 1. The van der Waals surface area contributed by atoms with Gasteiger partial charge in [-0.1, -0.05) is 24.6 Å². The largest absolute Gasteiger partial charge is 0.324 e. The van der Waals surface area contributed by atoms with Crippen LogP contribution in [-0.2, 0) is 4.79 Å². The van der Waals surface area contributed by atoms with Crippen molar-refractivity contribution in [1.29, 1.82) is 0 Å². The van der Waals surface area contributed by atoms with Gasteiger partial charge in [0, 0.05) is 5.69 Å². The Kier molecular flexibility index (Phi) is 5.63. The van der Waals surface area contributed by atoms with E-state index >= 15 is 0 Å². The first kappa shape index (κ1) is 15.0. The van der Waals surface area contributed by atoms with Crippen molar-refractivity contribution in [3.05, 3.63) is 29.3 Å². The highest BCUT2D eigenvalue weighted by molar-refractivity contribution is 5.96. The number of hydrogen-bond donors (Lipinski definition) is 2. The molecule has 1 fully saturated rings. The van der Waals surface area contributed by atoms with Gasteiger partial charge in [0.05, 0.1) is 6.04 Å². The number of aryl methyl sites for hydroxylation is 2. The van der Waals surface area contributed by atoms with Gasteiger partial charge in [-0.3, -0.25) is 4.79 Å².